The minimum Gasteiger partial charge on any atom is -0.389 e. The van der Waals surface area contributed by atoms with Crippen LogP contribution in [0.25, 0.3) is 0 Å². The fourth-order valence-electron chi connectivity index (χ4n) is 3.79. The Kier molecular flexibility index (Phi) is 3.85. The summed E-state index contributed by atoms with van der Waals surface area (Å²) in [6.45, 7) is 2.92. The maximum absolute atomic E-state index is 12.4. The smallest absolute Gasteiger partial charge is 0.296 e. The molecule has 2 heterocycles. The molecule has 1 N–H and O–H groups in total. The number of hydrogen-bond acceptors (Lipinski definition) is 3. The van der Waals surface area contributed by atoms with Crippen molar-refractivity contribution in [1.82, 2.24) is 9.47 Å². The number of aliphatic hydroxyl groups is 1. The van der Waals surface area contributed by atoms with Crippen LogP contribution in [0.4, 0.5) is 0 Å². The summed E-state index contributed by atoms with van der Waals surface area (Å²) in [6, 6.07) is 3.42. The fourth-order valence-corrected chi connectivity index (χ4v) is 3.79. The van der Waals surface area contributed by atoms with Crippen LogP contribution in [0.1, 0.15) is 43.1 Å². The van der Waals surface area contributed by atoms with Gasteiger partial charge in [-0.3, -0.25) is 9.59 Å². The number of rotatable bonds is 3. The zero-order chi connectivity index (χ0) is 15.9. The van der Waals surface area contributed by atoms with Crippen LogP contribution in [0.2, 0.25) is 0 Å². The van der Waals surface area contributed by atoms with Crippen LogP contribution in [0.3, 0.4) is 0 Å². The molecule has 1 saturated heterocycles. The largest absolute Gasteiger partial charge is 0.389 e. The summed E-state index contributed by atoms with van der Waals surface area (Å²) >= 11 is 0. The molecule has 0 aromatic carbocycles. The van der Waals surface area contributed by atoms with E-state index in [0.29, 0.717) is 31.1 Å². The first-order chi connectivity index (χ1) is 10.4. The molecule has 120 valence electrons. The summed E-state index contributed by atoms with van der Waals surface area (Å²) in [5.74, 6) is -0.543. The van der Waals surface area contributed by atoms with Gasteiger partial charge in [-0.2, -0.15) is 0 Å². The van der Waals surface area contributed by atoms with Crippen molar-refractivity contribution >= 4 is 11.7 Å². The van der Waals surface area contributed by atoms with Gasteiger partial charge in [-0.15, -0.1) is 0 Å². The third-order valence-corrected chi connectivity index (χ3v) is 5.60. The number of piperidine rings is 1. The van der Waals surface area contributed by atoms with E-state index in [4.69, 9.17) is 0 Å². The Labute approximate surface area is 130 Å². The summed E-state index contributed by atoms with van der Waals surface area (Å²) in [5.41, 5.74) is -0.249. The lowest BCUT2D eigenvalue weighted by Crippen LogP contribution is -2.58. The van der Waals surface area contributed by atoms with E-state index in [1.54, 1.807) is 34.8 Å². The van der Waals surface area contributed by atoms with Crippen LogP contribution >= 0.6 is 0 Å². The lowest BCUT2D eigenvalue weighted by atomic mass is 9.65. The molecule has 1 aliphatic carbocycles. The van der Waals surface area contributed by atoms with E-state index in [1.165, 1.54) is 6.42 Å². The normalized spacial score (nSPS) is 29.2. The lowest BCUT2D eigenvalue weighted by molar-refractivity contribution is -0.147. The van der Waals surface area contributed by atoms with Crippen molar-refractivity contribution in [3.8, 4) is 0 Å². The maximum atomic E-state index is 12.4. The van der Waals surface area contributed by atoms with Crippen molar-refractivity contribution in [1.29, 1.82) is 0 Å². The summed E-state index contributed by atoms with van der Waals surface area (Å²) in [7, 11) is 1.76. The van der Waals surface area contributed by atoms with E-state index in [0.717, 1.165) is 12.8 Å². The molecule has 1 aliphatic heterocycles. The van der Waals surface area contributed by atoms with Gasteiger partial charge in [0.25, 0.3) is 11.7 Å². The Bertz CT molecular complexity index is 590. The van der Waals surface area contributed by atoms with Gasteiger partial charge in [0, 0.05) is 32.3 Å². The Hall–Kier alpha value is -1.62. The molecule has 2 aliphatic rings. The first-order valence-corrected chi connectivity index (χ1v) is 8.11. The molecular formula is C17H24N2O3. The number of hydrogen-bond donors (Lipinski definition) is 1. The van der Waals surface area contributed by atoms with Gasteiger partial charge in [-0.25, -0.2) is 0 Å². The highest BCUT2D eigenvalue weighted by molar-refractivity contribution is 6.42. The number of amides is 1. The van der Waals surface area contributed by atoms with Gasteiger partial charge in [0.1, 0.15) is 0 Å². The van der Waals surface area contributed by atoms with Crippen LogP contribution in [0.15, 0.2) is 18.3 Å². The number of Topliss-reactive ketones (excluding diaryl/α,β-unsaturated/α-hetero) is 1. The molecule has 1 amide bonds. The second kappa shape index (κ2) is 5.54. The predicted octanol–water partition coefficient (Wildman–Crippen LogP) is 1.61. The number of aryl methyl sites for hydroxylation is 1. The summed E-state index contributed by atoms with van der Waals surface area (Å²) in [4.78, 5) is 26.4. The van der Waals surface area contributed by atoms with Crippen molar-refractivity contribution in [2.24, 2.45) is 18.9 Å². The molecule has 5 nitrogen and oxygen atoms in total. The molecule has 2 unspecified atom stereocenters. The highest BCUT2D eigenvalue weighted by Crippen LogP contribution is 2.44. The zero-order valence-corrected chi connectivity index (χ0v) is 13.3. The highest BCUT2D eigenvalue weighted by Gasteiger charge is 2.48. The van der Waals surface area contributed by atoms with Crippen molar-refractivity contribution in [2.75, 3.05) is 13.1 Å². The second-order valence-corrected chi connectivity index (χ2v) is 6.85. The van der Waals surface area contributed by atoms with Crippen molar-refractivity contribution in [2.45, 2.75) is 38.2 Å². The van der Waals surface area contributed by atoms with Crippen LogP contribution in [-0.2, 0) is 11.8 Å². The number of nitrogens with zero attached hydrogens (tertiary/aromatic N) is 2. The molecule has 2 atom stereocenters. The fraction of sp³-hybridized carbons (Fsp3) is 0.647. The van der Waals surface area contributed by atoms with E-state index < -0.39 is 17.3 Å². The van der Waals surface area contributed by atoms with Gasteiger partial charge >= 0.3 is 0 Å². The Balaban J connectivity index is 1.68. The third kappa shape index (κ3) is 2.37. The van der Waals surface area contributed by atoms with Gasteiger partial charge in [0.2, 0.25) is 0 Å². The molecular weight excluding hydrogens is 280 g/mol. The minimum absolute atomic E-state index is 0.0108. The second-order valence-electron chi connectivity index (χ2n) is 6.85. The first-order valence-electron chi connectivity index (χ1n) is 8.11. The molecule has 0 radical (unpaired) electrons. The molecule has 1 saturated carbocycles. The molecule has 5 heteroatoms. The Morgan fingerprint density at radius 1 is 1.36 bits per heavy atom. The number of aromatic nitrogens is 1. The van der Waals surface area contributed by atoms with Crippen LogP contribution in [0, 0.1) is 11.8 Å². The summed E-state index contributed by atoms with van der Waals surface area (Å²) in [5, 5.41) is 10.9. The summed E-state index contributed by atoms with van der Waals surface area (Å²) in [6.07, 6.45) is 5.68. The van der Waals surface area contributed by atoms with E-state index >= 15 is 0 Å². The minimum atomic E-state index is -0.664. The van der Waals surface area contributed by atoms with Crippen LogP contribution in [0.5, 0.6) is 0 Å². The SMILES string of the molecule is CC1CN(C(=O)C(=O)c2cccn2C)CCC1(O)C1CCC1. The number of ketones is 1. The molecule has 22 heavy (non-hydrogen) atoms. The number of likely N-dealkylation sites (tertiary alicyclic amines) is 1. The third-order valence-electron chi connectivity index (χ3n) is 5.60. The standard InChI is InChI=1S/C17H24N2O3/c1-12-11-19(10-8-17(12,22)13-5-3-6-13)16(21)15(20)14-7-4-9-18(14)2/h4,7,9,12-13,22H,3,5-6,8,10-11H2,1-2H3. The number of carbonyl (C=O) groups is 2. The quantitative estimate of drug-likeness (QED) is 0.681. The molecule has 0 spiro atoms. The molecule has 0 bridgehead atoms. The number of carbonyl (C=O) groups excluding carboxylic acids is 2. The van der Waals surface area contributed by atoms with E-state index in [9.17, 15) is 14.7 Å². The van der Waals surface area contributed by atoms with Gasteiger partial charge in [-0.05, 0) is 37.3 Å². The van der Waals surface area contributed by atoms with E-state index in [-0.39, 0.29) is 5.92 Å². The van der Waals surface area contributed by atoms with Crippen molar-refractivity contribution in [3.63, 3.8) is 0 Å². The zero-order valence-electron chi connectivity index (χ0n) is 13.3. The topological polar surface area (TPSA) is 62.5 Å². The van der Waals surface area contributed by atoms with Crippen molar-refractivity contribution < 1.29 is 14.7 Å². The van der Waals surface area contributed by atoms with Gasteiger partial charge < -0.3 is 14.6 Å². The van der Waals surface area contributed by atoms with E-state index in [2.05, 4.69) is 0 Å². The van der Waals surface area contributed by atoms with Gasteiger partial charge in [0.05, 0.1) is 11.3 Å². The highest BCUT2D eigenvalue weighted by atomic mass is 16.3. The lowest BCUT2D eigenvalue weighted by Gasteiger charge is -2.50. The summed E-state index contributed by atoms with van der Waals surface area (Å²) < 4.78 is 1.66. The average molecular weight is 304 g/mol. The molecule has 2 fully saturated rings. The first kappa shape index (κ1) is 15.3. The van der Waals surface area contributed by atoms with Crippen LogP contribution in [-0.4, -0.2) is 45.0 Å². The van der Waals surface area contributed by atoms with Crippen LogP contribution < -0.4 is 0 Å². The molecule has 3 rings (SSSR count). The molecule has 1 aromatic heterocycles. The van der Waals surface area contributed by atoms with Gasteiger partial charge in [-0.1, -0.05) is 13.3 Å². The average Bonchev–Trinajstić information content (AvgIpc) is 2.84. The monoisotopic (exact) mass is 304 g/mol. The Morgan fingerprint density at radius 3 is 2.59 bits per heavy atom. The van der Waals surface area contributed by atoms with Gasteiger partial charge in [0.15, 0.2) is 0 Å². The van der Waals surface area contributed by atoms with E-state index in [1.807, 2.05) is 6.92 Å². The maximum Gasteiger partial charge on any atom is 0.296 e. The van der Waals surface area contributed by atoms with Crippen molar-refractivity contribution in [3.05, 3.63) is 24.0 Å². The predicted molar refractivity (Wildman–Crippen MR) is 82.4 cm³/mol. The Morgan fingerprint density at radius 2 is 2.09 bits per heavy atom. The molecule has 1 aromatic rings.